The highest BCUT2D eigenvalue weighted by Gasteiger charge is 1.94. The van der Waals surface area contributed by atoms with Gasteiger partial charge < -0.3 is 10.6 Å². The number of carbonyl (C=O) groups excluding carboxylic acids is 1. The molecule has 0 aliphatic heterocycles. The fourth-order valence-electron chi connectivity index (χ4n) is 1.64. The van der Waals surface area contributed by atoms with E-state index in [0.717, 1.165) is 11.4 Å². The zero-order valence-electron chi connectivity index (χ0n) is 13.3. The molecule has 2 rings (SSSR count). The minimum Gasteiger partial charge on any atom is -0.388 e. The zero-order chi connectivity index (χ0) is 16.4. The van der Waals surface area contributed by atoms with Crippen LogP contribution in [0, 0.1) is 0 Å². The maximum atomic E-state index is 10.7. The second kappa shape index (κ2) is 10.2. The molecule has 0 unspecified atom stereocenters. The predicted molar refractivity (Wildman–Crippen MR) is 100 cm³/mol. The van der Waals surface area contributed by atoms with Gasteiger partial charge in [-0.15, -0.1) is 23.5 Å². The number of rotatable bonds is 4. The lowest BCUT2D eigenvalue weighted by Crippen LogP contribution is -2.05. The fraction of sp³-hybridized carbons (Fsp3) is 0.235. The van der Waals surface area contributed by atoms with Crippen molar-refractivity contribution in [3.05, 3.63) is 48.5 Å². The van der Waals surface area contributed by atoms with Gasteiger partial charge in [0, 0.05) is 35.1 Å². The molecule has 2 aromatic rings. The molecule has 2 N–H and O–H groups in total. The van der Waals surface area contributed by atoms with Crippen molar-refractivity contribution in [3.8, 4) is 0 Å². The lowest BCUT2D eigenvalue weighted by Gasteiger charge is -2.01. The largest absolute Gasteiger partial charge is 0.388 e. The summed E-state index contributed by atoms with van der Waals surface area (Å²) in [6.07, 6.45) is 4.10. The summed E-state index contributed by atoms with van der Waals surface area (Å²) in [5.41, 5.74) is 2.01. The summed E-state index contributed by atoms with van der Waals surface area (Å²) in [7, 11) is 1.92. The van der Waals surface area contributed by atoms with Gasteiger partial charge in [-0.05, 0) is 61.0 Å². The topological polar surface area (TPSA) is 41.1 Å². The van der Waals surface area contributed by atoms with Crippen LogP contribution in [0.3, 0.4) is 0 Å². The van der Waals surface area contributed by atoms with Crippen molar-refractivity contribution in [3.63, 3.8) is 0 Å². The minimum absolute atomic E-state index is 0.0353. The number of hydrogen-bond donors (Lipinski definition) is 2. The van der Waals surface area contributed by atoms with E-state index in [9.17, 15) is 4.79 Å². The van der Waals surface area contributed by atoms with Gasteiger partial charge in [0.25, 0.3) is 0 Å². The molecule has 0 fully saturated rings. The summed E-state index contributed by atoms with van der Waals surface area (Å²) in [5.74, 6) is -0.0353. The van der Waals surface area contributed by atoms with Gasteiger partial charge in [-0.2, -0.15) is 0 Å². The highest BCUT2D eigenvalue weighted by atomic mass is 32.2. The number of nitrogens with one attached hydrogen (secondary N) is 2. The molecule has 5 heteroatoms. The monoisotopic (exact) mass is 334 g/mol. The second-order valence-corrected chi connectivity index (χ2v) is 6.15. The molecular formula is C17H22N2OS2. The van der Waals surface area contributed by atoms with E-state index in [1.807, 2.05) is 37.6 Å². The summed E-state index contributed by atoms with van der Waals surface area (Å²) >= 11 is 3.44. The highest BCUT2D eigenvalue weighted by molar-refractivity contribution is 7.98. The Morgan fingerprint density at radius 3 is 1.55 bits per heavy atom. The summed E-state index contributed by atoms with van der Waals surface area (Å²) in [6, 6.07) is 16.1. The van der Waals surface area contributed by atoms with Crippen molar-refractivity contribution in [2.75, 3.05) is 30.2 Å². The molecule has 0 aromatic heterocycles. The van der Waals surface area contributed by atoms with E-state index in [1.165, 1.54) is 16.7 Å². The molecule has 0 saturated carbocycles. The van der Waals surface area contributed by atoms with E-state index >= 15 is 0 Å². The molecule has 0 atom stereocenters. The first-order valence-electron chi connectivity index (χ1n) is 6.82. The minimum atomic E-state index is -0.0353. The summed E-state index contributed by atoms with van der Waals surface area (Å²) in [4.78, 5) is 13.2. The number of hydrogen-bond acceptors (Lipinski definition) is 4. The summed E-state index contributed by atoms with van der Waals surface area (Å²) in [6.45, 7) is 1.50. The average Bonchev–Trinajstić information content (AvgIpc) is 2.55. The third kappa shape index (κ3) is 6.91. The lowest BCUT2D eigenvalue weighted by molar-refractivity contribution is -0.114. The van der Waals surface area contributed by atoms with E-state index in [4.69, 9.17) is 0 Å². The molecule has 1 amide bonds. The van der Waals surface area contributed by atoms with Crippen LogP contribution in [0.25, 0.3) is 0 Å². The highest BCUT2D eigenvalue weighted by Crippen LogP contribution is 2.17. The third-order valence-electron chi connectivity index (χ3n) is 2.79. The van der Waals surface area contributed by atoms with Gasteiger partial charge in [-0.25, -0.2) is 0 Å². The van der Waals surface area contributed by atoms with Crippen LogP contribution in [-0.4, -0.2) is 25.5 Å². The van der Waals surface area contributed by atoms with Crippen molar-refractivity contribution >= 4 is 40.8 Å². The lowest BCUT2D eigenvalue weighted by atomic mass is 10.3. The first-order valence-corrected chi connectivity index (χ1v) is 9.27. The van der Waals surface area contributed by atoms with Crippen molar-refractivity contribution in [2.24, 2.45) is 0 Å². The van der Waals surface area contributed by atoms with Crippen molar-refractivity contribution in [1.29, 1.82) is 0 Å². The molecule has 3 nitrogen and oxygen atoms in total. The maximum Gasteiger partial charge on any atom is 0.221 e. The Morgan fingerprint density at radius 1 is 0.818 bits per heavy atom. The Bertz CT molecular complexity index is 545. The van der Waals surface area contributed by atoms with Crippen LogP contribution < -0.4 is 10.6 Å². The third-order valence-corrected chi connectivity index (χ3v) is 4.28. The van der Waals surface area contributed by atoms with Crippen molar-refractivity contribution in [1.82, 2.24) is 0 Å². The summed E-state index contributed by atoms with van der Waals surface area (Å²) < 4.78 is 0. The van der Waals surface area contributed by atoms with Gasteiger partial charge in [0.1, 0.15) is 0 Å². The van der Waals surface area contributed by atoms with E-state index in [0.29, 0.717) is 0 Å². The number of amides is 1. The van der Waals surface area contributed by atoms with Gasteiger partial charge in [0.15, 0.2) is 0 Å². The van der Waals surface area contributed by atoms with E-state index in [1.54, 1.807) is 23.5 Å². The van der Waals surface area contributed by atoms with Crippen molar-refractivity contribution < 1.29 is 4.79 Å². The first-order chi connectivity index (χ1) is 10.6. The quantitative estimate of drug-likeness (QED) is 0.787. The molecule has 0 radical (unpaired) electrons. The first kappa shape index (κ1) is 18.5. The van der Waals surface area contributed by atoms with E-state index in [2.05, 4.69) is 41.2 Å². The number of carbonyl (C=O) groups is 1. The molecule has 0 aliphatic rings. The molecule has 0 saturated heterocycles. The smallest absolute Gasteiger partial charge is 0.221 e. The number of benzene rings is 2. The van der Waals surface area contributed by atoms with Gasteiger partial charge in [-0.3, -0.25) is 4.79 Å². The van der Waals surface area contributed by atoms with Crippen LogP contribution in [0.15, 0.2) is 58.3 Å². The normalized spacial score (nSPS) is 9.45. The van der Waals surface area contributed by atoms with Crippen LogP contribution in [0.2, 0.25) is 0 Å². The predicted octanol–water partition coefficient (Wildman–Crippen LogP) is 4.82. The van der Waals surface area contributed by atoms with Crippen LogP contribution >= 0.6 is 23.5 Å². The van der Waals surface area contributed by atoms with E-state index in [-0.39, 0.29) is 5.91 Å². The SMILES string of the molecule is CNc1ccc(SC)cc1.CSc1ccc(NC(C)=O)cc1. The Hall–Kier alpha value is -1.59. The van der Waals surface area contributed by atoms with Crippen molar-refractivity contribution in [2.45, 2.75) is 16.7 Å². The van der Waals surface area contributed by atoms with Gasteiger partial charge in [-0.1, -0.05) is 0 Å². The van der Waals surface area contributed by atoms with Crippen LogP contribution in [0.1, 0.15) is 6.92 Å². The van der Waals surface area contributed by atoms with Crippen LogP contribution in [-0.2, 0) is 4.79 Å². The van der Waals surface area contributed by atoms with Gasteiger partial charge >= 0.3 is 0 Å². The Labute approximate surface area is 141 Å². The van der Waals surface area contributed by atoms with Gasteiger partial charge in [0.2, 0.25) is 5.91 Å². The Balaban J connectivity index is 0.000000224. The van der Waals surface area contributed by atoms with E-state index < -0.39 is 0 Å². The molecule has 0 aliphatic carbocycles. The number of anilines is 2. The molecular weight excluding hydrogens is 312 g/mol. The average molecular weight is 335 g/mol. The molecule has 0 spiro atoms. The Morgan fingerprint density at radius 2 is 1.23 bits per heavy atom. The van der Waals surface area contributed by atoms with Gasteiger partial charge in [0.05, 0.1) is 0 Å². The Kier molecular flexibility index (Phi) is 8.55. The zero-order valence-corrected chi connectivity index (χ0v) is 15.0. The second-order valence-electron chi connectivity index (χ2n) is 4.39. The molecule has 0 bridgehead atoms. The maximum absolute atomic E-state index is 10.7. The fourth-order valence-corrected chi connectivity index (χ4v) is 2.45. The molecule has 22 heavy (non-hydrogen) atoms. The number of thioether (sulfide) groups is 2. The molecule has 2 aromatic carbocycles. The van der Waals surface area contributed by atoms with Crippen LogP contribution in [0.5, 0.6) is 0 Å². The van der Waals surface area contributed by atoms with Crippen LogP contribution in [0.4, 0.5) is 11.4 Å². The molecule has 118 valence electrons. The molecule has 0 heterocycles. The standard InChI is InChI=1S/C9H11NOS.C8H11NS/c1-7(11)10-8-3-5-9(12-2)6-4-8;1-9-7-3-5-8(10-2)6-4-7/h3-6H,1-2H3,(H,10,11);3-6,9H,1-2H3. The summed E-state index contributed by atoms with van der Waals surface area (Å²) in [5, 5.41) is 5.78.